The summed E-state index contributed by atoms with van der Waals surface area (Å²) >= 11 is 0. The lowest BCUT2D eigenvalue weighted by atomic mass is 9.98. The lowest BCUT2D eigenvalue weighted by molar-refractivity contribution is -0.144. The van der Waals surface area contributed by atoms with Gasteiger partial charge in [-0.1, -0.05) is 18.2 Å². The van der Waals surface area contributed by atoms with E-state index in [4.69, 9.17) is 9.47 Å². The number of rotatable bonds is 7. The number of benzene rings is 1. The first-order valence-corrected chi connectivity index (χ1v) is 8.49. The number of esters is 1. The lowest BCUT2D eigenvalue weighted by Crippen LogP contribution is -2.31. The summed E-state index contributed by atoms with van der Waals surface area (Å²) in [4.78, 5) is 18.7. The van der Waals surface area contributed by atoms with Gasteiger partial charge in [0.15, 0.2) is 0 Å². The average Bonchev–Trinajstić information content (AvgIpc) is 3.09. The normalized spacial score (nSPS) is 16.0. The average molecular weight is 328 g/mol. The molecule has 2 aliphatic heterocycles. The van der Waals surface area contributed by atoms with Crippen LogP contribution in [-0.2, 0) is 27.1 Å². The van der Waals surface area contributed by atoms with Gasteiger partial charge in [-0.15, -0.1) is 0 Å². The molecule has 2 aliphatic rings. The molecule has 0 bridgehead atoms. The Kier molecular flexibility index (Phi) is 5.64. The molecule has 1 aromatic carbocycles. The second-order valence-corrected chi connectivity index (χ2v) is 6.12. The molecule has 0 radical (unpaired) electrons. The molecular weight excluding hydrogens is 304 g/mol. The highest BCUT2D eigenvalue weighted by Gasteiger charge is 2.19. The lowest BCUT2D eigenvalue weighted by Gasteiger charge is -2.31. The SMILES string of the molecule is COCCOC(=O)Cc1ccc2c(c1)N(CC1=CCC=N1)CCC2. The van der Waals surface area contributed by atoms with Gasteiger partial charge < -0.3 is 14.4 Å². The Morgan fingerprint density at radius 1 is 1.33 bits per heavy atom. The van der Waals surface area contributed by atoms with Crippen LogP contribution >= 0.6 is 0 Å². The topological polar surface area (TPSA) is 51.1 Å². The zero-order chi connectivity index (χ0) is 16.8. The number of aryl methyl sites for hydroxylation is 1. The van der Waals surface area contributed by atoms with E-state index in [0.717, 1.165) is 43.6 Å². The molecule has 128 valence electrons. The quantitative estimate of drug-likeness (QED) is 0.570. The third-order valence-corrected chi connectivity index (χ3v) is 4.33. The summed E-state index contributed by atoms with van der Waals surface area (Å²) < 4.78 is 10.1. The molecule has 0 saturated heterocycles. The second-order valence-electron chi connectivity index (χ2n) is 6.12. The van der Waals surface area contributed by atoms with E-state index < -0.39 is 0 Å². The number of hydrogen-bond donors (Lipinski definition) is 0. The predicted molar refractivity (Wildman–Crippen MR) is 94.7 cm³/mol. The number of carbonyl (C=O) groups is 1. The van der Waals surface area contributed by atoms with Crippen molar-refractivity contribution in [2.45, 2.75) is 25.7 Å². The number of fused-ring (bicyclic) bond motifs is 1. The Morgan fingerprint density at radius 3 is 3.04 bits per heavy atom. The standard InChI is InChI=1S/C19H24N2O3/c1-23-10-11-24-19(22)13-15-6-7-16-4-3-9-21(18(16)12-15)14-17-5-2-8-20-17/h5-8,12H,2-4,9-11,13-14H2,1H3. The van der Waals surface area contributed by atoms with Gasteiger partial charge in [-0.25, -0.2) is 0 Å². The number of nitrogens with zero attached hydrogens (tertiary/aromatic N) is 2. The van der Waals surface area contributed by atoms with Crippen molar-refractivity contribution in [3.8, 4) is 0 Å². The first-order valence-electron chi connectivity index (χ1n) is 8.49. The molecule has 0 fully saturated rings. The molecule has 0 aromatic heterocycles. The van der Waals surface area contributed by atoms with Crippen molar-refractivity contribution in [2.24, 2.45) is 4.99 Å². The van der Waals surface area contributed by atoms with Gasteiger partial charge in [0.05, 0.1) is 25.3 Å². The summed E-state index contributed by atoms with van der Waals surface area (Å²) in [5.41, 5.74) is 4.70. The summed E-state index contributed by atoms with van der Waals surface area (Å²) in [6, 6.07) is 6.31. The number of carbonyl (C=O) groups excluding carboxylic acids is 1. The van der Waals surface area contributed by atoms with Crippen molar-refractivity contribution in [1.29, 1.82) is 0 Å². The highest BCUT2D eigenvalue weighted by molar-refractivity contribution is 5.73. The third kappa shape index (κ3) is 4.23. The molecule has 0 spiro atoms. The molecule has 3 rings (SSSR count). The molecule has 5 nitrogen and oxygen atoms in total. The third-order valence-electron chi connectivity index (χ3n) is 4.33. The van der Waals surface area contributed by atoms with Crippen LogP contribution in [0.25, 0.3) is 0 Å². The number of methoxy groups -OCH3 is 1. The van der Waals surface area contributed by atoms with Gasteiger partial charge in [-0.3, -0.25) is 9.79 Å². The van der Waals surface area contributed by atoms with Crippen LogP contribution in [0.2, 0.25) is 0 Å². The van der Waals surface area contributed by atoms with E-state index in [1.165, 1.54) is 11.3 Å². The number of anilines is 1. The van der Waals surface area contributed by atoms with Crippen molar-refractivity contribution < 1.29 is 14.3 Å². The smallest absolute Gasteiger partial charge is 0.310 e. The van der Waals surface area contributed by atoms with E-state index in [1.54, 1.807) is 7.11 Å². The van der Waals surface area contributed by atoms with Crippen LogP contribution in [0.5, 0.6) is 0 Å². The number of hydrogen-bond acceptors (Lipinski definition) is 5. The zero-order valence-electron chi connectivity index (χ0n) is 14.2. The van der Waals surface area contributed by atoms with Crippen LogP contribution in [0.4, 0.5) is 5.69 Å². The van der Waals surface area contributed by atoms with Gasteiger partial charge in [0.25, 0.3) is 0 Å². The van der Waals surface area contributed by atoms with Crippen LogP contribution in [0.3, 0.4) is 0 Å². The largest absolute Gasteiger partial charge is 0.463 e. The summed E-state index contributed by atoms with van der Waals surface area (Å²) in [6.45, 7) is 2.60. The second kappa shape index (κ2) is 8.11. The van der Waals surface area contributed by atoms with Crippen molar-refractivity contribution in [3.63, 3.8) is 0 Å². The fourth-order valence-corrected chi connectivity index (χ4v) is 3.14. The maximum absolute atomic E-state index is 11.9. The van der Waals surface area contributed by atoms with E-state index in [2.05, 4.69) is 28.1 Å². The number of allylic oxidation sites excluding steroid dienone is 1. The van der Waals surface area contributed by atoms with Gasteiger partial charge in [0.1, 0.15) is 6.61 Å². The molecule has 0 amide bonds. The monoisotopic (exact) mass is 328 g/mol. The van der Waals surface area contributed by atoms with Gasteiger partial charge in [-0.2, -0.15) is 0 Å². The summed E-state index contributed by atoms with van der Waals surface area (Å²) in [5, 5.41) is 0. The van der Waals surface area contributed by atoms with Crippen molar-refractivity contribution in [1.82, 2.24) is 0 Å². The first kappa shape index (κ1) is 16.7. The molecule has 1 aromatic rings. The van der Waals surface area contributed by atoms with E-state index in [9.17, 15) is 4.79 Å². The van der Waals surface area contributed by atoms with Crippen LogP contribution in [0, 0.1) is 0 Å². The molecule has 0 atom stereocenters. The van der Waals surface area contributed by atoms with E-state index in [-0.39, 0.29) is 5.97 Å². The van der Waals surface area contributed by atoms with Crippen LogP contribution in [0.1, 0.15) is 24.0 Å². The Bertz CT molecular complexity index is 652. The molecule has 2 heterocycles. The molecule has 0 aliphatic carbocycles. The number of ether oxygens (including phenoxy) is 2. The van der Waals surface area contributed by atoms with Crippen LogP contribution in [-0.4, -0.2) is 45.6 Å². The summed E-state index contributed by atoms with van der Waals surface area (Å²) in [5.74, 6) is -0.211. The Balaban J connectivity index is 1.68. The zero-order valence-corrected chi connectivity index (χ0v) is 14.2. The minimum Gasteiger partial charge on any atom is -0.463 e. The molecule has 5 heteroatoms. The highest BCUT2D eigenvalue weighted by atomic mass is 16.6. The minimum absolute atomic E-state index is 0.211. The van der Waals surface area contributed by atoms with Gasteiger partial charge >= 0.3 is 5.97 Å². The minimum atomic E-state index is -0.211. The van der Waals surface area contributed by atoms with Crippen LogP contribution in [0.15, 0.2) is 35.0 Å². The predicted octanol–water partition coefficient (Wildman–Crippen LogP) is 2.53. The first-order chi connectivity index (χ1) is 11.8. The highest BCUT2D eigenvalue weighted by Crippen LogP contribution is 2.29. The number of aliphatic imine (C=N–C) groups is 1. The molecular formula is C19H24N2O3. The van der Waals surface area contributed by atoms with E-state index in [1.807, 2.05) is 12.3 Å². The van der Waals surface area contributed by atoms with Crippen molar-refractivity contribution >= 4 is 17.9 Å². The Hall–Kier alpha value is -2.14. The Labute approximate surface area is 143 Å². The fourth-order valence-electron chi connectivity index (χ4n) is 3.14. The van der Waals surface area contributed by atoms with Gasteiger partial charge in [-0.05, 0) is 30.0 Å². The maximum atomic E-state index is 11.9. The van der Waals surface area contributed by atoms with Crippen LogP contribution < -0.4 is 4.90 Å². The summed E-state index contributed by atoms with van der Waals surface area (Å²) in [6.07, 6.45) is 7.60. The van der Waals surface area contributed by atoms with E-state index in [0.29, 0.717) is 19.6 Å². The van der Waals surface area contributed by atoms with Crippen molar-refractivity contribution in [2.75, 3.05) is 38.3 Å². The van der Waals surface area contributed by atoms with Crippen molar-refractivity contribution in [3.05, 3.63) is 41.1 Å². The molecule has 24 heavy (non-hydrogen) atoms. The molecule has 0 unspecified atom stereocenters. The summed E-state index contributed by atoms with van der Waals surface area (Å²) in [7, 11) is 1.59. The Morgan fingerprint density at radius 2 is 2.25 bits per heavy atom. The maximum Gasteiger partial charge on any atom is 0.310 e. The molecule has 0 N–H and O–H groups in total. The fraction of sp³-hybridized carbons (Fsp3) is 0.474. The molecule has 0 saturated carbocycles. The van der Waals surface area contributed by atoms with Gasteiger partial charge in [0.2, 0.25) is 0 Å². The van der Waals surface area contributed by atoms with Gasteiger partial charge in [0, 0.05) is 32.0 Å². The van der Waals surface area contributed by atoms with E-state index >= 15 is 0 Å².